The van der Waals surface area contributed by atoms with Crippen molar-refractivity contribution in [2.45, 2.75) is 19.4 Å². The van der Waals surface area contributed by atoms with Gasteiger partial charge in [0.15, 0.2) is 0 Å². The van der Waals surface area contributed by atoms with Gasteiger partial charge in [0.05, 0.1) is 0 Å². The number of carboxylic acid groups (broad SMARTS) is 1. The van der Waals surface area contributed by atoms with E-state index in [1.165, 1.54) is 6.92 Å². The lowest BCUT2D eigenvalue weighted by Crippen LogP contribution is -2.47. The molecule has 94 valence electrons. The first kappa shape index (κ1) is 14.9. The molecule has 0 aromatic carbocycles. The van der Waals surface area contributed by atoms with E-state index >= 15 is 0 Å². The highest BCUT2D eigenvalue weighted by molar-refractivity contribution is 5.82. The molecule has 0 aromatic heterocycles. The molecule has 0 bridgehead atoms. The first-order chi connectivity index (χ1) is 7.47. The fourth-order valence-corrected chi connectivity index (χ4v) is 1.31. The maximum Gasteiger partial charge on any atom is 0.327 e. The summed E-state index contributed by atoms with van der Waals surface area (Å²) in [5.74, 6) is -1.36. The molecular weight excluding hydrogens is 212 g/mol. The molecule has 0 rings (SSSR count). The minimum atomic E-state index is -1.02. The van der Waals surface area contributed by atoms with E-state index < -0.39 is 12.0 Å². The highest BCUT2D eigenvalue weighted by atomic mass is 16.5. The van der Waals surface area contributed by atoms with E-state index in [0.717, 1.165) is 13.0 Å². The number of nitrogens with one attached hydrogen (secondary N) is 1. The van der Waals surface area contributed by atoms with Crippen LogP contribution < -0.4 is 5.32 Å². The molecule has 1 amide bonds. The van der Waals surface area contributed by atoms with E-state index in [1.807, 2.05) is 11.9 Å². The van der Waals surface area contributed by atoms with Gasteiger partial charge in [-0.15, -0.1) is 0 Å². The largest absolute Gasteiger partial charge is 0.480 e. The van der Waals surface area contributed by atoms with Crippen molar-refractivity contribution in [3.63, 3.8) is 0 Å². The van der Waals surface area contributed by atoms with Crippen LogP contribution in [0.5, 0.6) is 0 Å². The Morgan fingerprint density at radius 3 is 2.56 bits per heavy atom. The molecule has 1 atom stereocenters. The lowest BCUT2D eigenvalue weighted by atomic mass is 10.2. The van der Waals surface area contributed by atoms with Crippen LogP contribution in [-0.2, 0) is 14.3 Å². The molecule has 0 radical (unpaired) electrons. The van der Waals surface area contributed by atoms with Crippen LogP contribution >= 0.6 is 0 Å². The number of hydrogen-bond donors (Lipinski definition) is 2. The van der Waals surface area contributed by atoms with Crippen molar-refractivity contribution in [3.05, 3.63) is 0 Å². The molecule has 0 saturated carbocycles. The van der Waals surface area contributed by atoms with Crippen molar-refractivity contribution >= 4 is 11.9 Å². The second kappa shape index (κ2) is 8.06. The normalized spacial score (nSPS) is 12.5. The predicted molar refractivity (Wildman–Crippen MR) is 59.2 cm³/mol. The van der Waals surface area contributed by atoms with Crippen LogP contribution in [0.3, 0.4) is 0 Å². The van der Waals surface area contributed by atoms with E-state index in [-0.39, 0.29) is 5.91 Å². The Labute approximate surface area is 95.6 Å². The van der Waals surface area contributed by atoms with Crippen molar-refractivity contribution < 1.29 is 19.4 Å². The zero-order valence-corrected chi connectivity index (χ0v) is 10.0. The van der Waals surface area contributed by atoms with Gasteiger partial charge in [0.1, 0.15) is 6.04 Å². The zero-order valence-electron chi connectivity index (χ0n) is 10.0. The van der Waals surface area contributed by atoms with Crippen LogP contribution in [0.25, 0.3) is 0 Å². The van der Waals surface area contributed by atoms with Gasteiger partial charge in [0.25, 0.3) is 0 Å². The minimum Gasteiger partial charge on any atom is -0.480 e. The SMILES string of the molecule is COCCCN(C)CC(NC(C)=O)C(=O)O. The van der Waals surface area contributed by atoms with Gasteiger partial charge in [-0.3, -0.25) is 4.79 Å². The van der Waals surface area contributed by atoms with Crippen molar-refractivity contribution in [1.82, 2.24) is 10.2 Å². The lowest BCUT2D eigenvalue weighted by Gasteiger charge is -2.21. The predicted octanol–water partition coefficient (Wildman–Crippen LogP) is -0.456. The number of amides is 1. The van der Waals surface area contributed by atoms with Crippen LogP contribution in [0.2, 0.25) is 0 Å². The van der Waals surface area contributed by atoms with E-state index in [1.54, 1.807) is 7.11 Å². The topological polar surface area (TPSA) is 78.9 Å². The third-order valence-electron chi connectivity index (χ3n) is 2.06. The number of carbonyl (C=O) groups is 2. The Bertz CT molecular complexity index is 233. The average molecular weight is 232 g/mol. The molecule has 0 aliphatic rings. The fraction of sp³-hybridized carbons (Fsp3) is 0.800. The number of carboxylic acids is 1. The highest BCUT2D eigenvalue weighted by Crippen LogP contribution is 1.93. The summed E-state index contributed by atoms with van der Waals surface area (Å²) in [6, 6.07) is -0.856. The standard InChI is InChI=1S/C10H20N2O4/c1-8(13)11-9(10(14)15)7-12(2)5-4-6-16-3/h9H,4-7H2,1-3H3,(H,11,13)(H,14,15). The quantitative estimate of drug-likeness (QED) is 0.554. The lowest BCUT2D eigenvalue weighted by molar-refractivity contribution is -0.142. The first-order valence-corrected chi connectivity index (χ1v) is 5.14. The van der Waals surface area contributed by atoms with Gasteiger partial charge in [0, 0.05) is 33.7 Å². The molecule has 0 fully saturated rings. The molecule has 0 aliphatic heterocycles. The molecular formula is C10H20N2O4. The molecule has 2 N–H and O–H groups in total. The van der Waals surface area contributed by atoms with Crippen molar-refractivity contribution in [2.24, 2.45) is 0 Å². The summed E-state index contributed by atoms with van der Waals surface area (Å²) in [4.78, 5) is 23.5. The summed E-state index contributed by atoms with van der Waals surface area (Å²) in [7, 11) is 3.44. The summed E-state index contributed by atoms with van der Waals surface area (Å²) in [6.07, 6.45) is 0.833. The number of aliphatic carboxylic acids is 1. The Balaban J connectivity index is 3.98. The van der Waals surface area contributed by atoms with E-state index in [9.17, 15) is 9.59 Å². The van der Waals surface area contributed by atoms with Crippen LogP contribution in [0.1, 0.15) is 13.3 Å². The minimum absolute atomic E-state index is 0.290. The van der Waals surface area contributed by atoms with Crippen LogP contribution in [0.4, 0.5) is 0 Å². The number of nitrogens with zero attached hydrogens (tertiary/aromatic N) is 1. The number of rotatable bonds is 8. The molecule has 6 heteroatoms. The monoisotopic (exact) mass is 232 g/mol. The van der Waals surface area contributed by atoms with Gasteiger partial charge in [-0.2, -0.15) is 0 Å². The first-order valence-electron chi connectivity index (χ1n) is 5.14. The third-order valence-corrected chi connectivity index (χ3v) is 2.06. The Kier molecular flexibility index (Phi) is 7.49. The summed E-state index contributed by atoms with van der Waals surface area (Å²) < 4.78 is 4.90. The number of ether oxygens (including phenoxy) is 1. The fourth-order valence-electron chi connectivity index (χ4n) is 1.31. The van der Waals surface area contributed by atoms with Crippen molar-refractivity contribution in [3.8, 4) is 0 Å². The molecule has 0 aliphatic carbocycles. The number of carbonyl (C=O) groups excluding carboxylic acids is 1. The van der Waals surface area contributed by atoms with Crippen molar-refractivity contribution in [1.29, 1.82) is 0 Å². The van der Waals surface area contributed by atoms with E-state index in [0.29, 0.717) is 13.2 Å². The molecule has 0 aromatic rings. The van der Waals surface area contributed by atoms with Crippen LogP contribution in [0, 0.1) is 0 Å². The van der Waals surface area contributed by atoms with Gasteiger partial charge in [-0.25, -0.2) is 4.79 Å². The van der Waals surface area contributed by atoms with Crippen molar-refractivity contribution in [2.75, 3.05) is 33.9 Å². The molecule has 0 heterocycles. The molecule has 6 nitrogen and oxygen atoms in total. The third kappa shape index (κ3) is 7.19. The molecule has 0 saturated heterocycles. The zero-order chi connectivity index (χ0) is 12.6. The number of hydrogen-bond acceptors (Lipinski definition) is 4. The van der Waals surface area contributed by atoms with Gasteiger partial charge < -0.3 is 20.1 Å². The second-order valence-corrected chi connectivity index (χ2v) is 3.70. The Hall–Kier alpha value is -1.14. The Morgan fingerprint density at radius 2 is 2.12 bits per heavy atom. The summed E-state index contributed by atoms with van der Waals surface area (Å²) >= 11 is 0. The van der Waals surface area contributed by atoms with Crippen LogP contribution in [-0.4, -0.2) is 61.8 Å². The summed E-state index contributed by atoms with van der Waals surface area (Å²) in [5, 5.41) is 11.3. The van der Waals surface area contributed by atoms with E-state index in [2.05, 4.69) is 5.32 Å². The smallest absolute Gasteiger partial charge is 0.327 e. The molecule has 16 heavy (non-hydrogen) atoms. The average Bonchev–Trinajstić information content (AvgIpc) is 2.16. The number of likely N-dealkylation sites (N-methyl/N-ethyl adjacent to an activating group) is 1. The summed E-state index contributed by atoms with van der Waals surface area (Å²) in [5.41, 5.74) is 0. The van der Waals surface area contributed by atoms with Crippen LogP contribution in [0.15, 0.2) is 0 Å². The summed E-state index contributed by atoms with van der Waals surface area (Å²) in [6.45, 7) is 2.97. The molecule has 1 unspecified atom stereocenters. The Morgan fingerprint density at radius 1 is 1.50 bits per heavy atom. The van der Waals surface area contributed by atoms with E-state index in [4.69, 9.17) is 9.84 Å². The van der Waals surface area contributed by atoms with Gasteiger partial charge in [0.2, 0.25) is 5.91 Å². The maximum absolute atomic E-state index is 10.8. The second-order valence-electron chi connectivity index (χ2n) is 3.70. The van der Waals surface area contributed by atoms with Gasteiger partial charge in [-0.1, -0.05) is 0 Å². The van der Waals surface area contributed by atoms with Gasteiger partial charge in [-0.05, 0) is 13.5 Å². The number of methoxy groups -OCH3 is 1. The maximum atomic E-state index is 10.8. The molecule has 0 spiro atoms. The highest BCUT2D eigenvalue weighted by Gasteiger charge is 2.19. The van der Waals surface area contributed by atoms with Gasteiger partial charge >= 0.3 is 5.97 Å².